The molecule has 4 saturated heterocycles. The molecule has 4 aromatic rings. The van der Waals surface area contributed by atoms with Gasteiger partial charge in [0.2, 0.25) is 24.6 Å². The molecule has 95 heavy (non-hydrogen) atoms. The van der Waals surface area contributed by atoms with E-state index in [-0.39, 0.29) is 45.4 Å². The van der Waals surface area contributed by atoms with Gasteiger partial charge in [0.15, 0.2) is 47.6 Å². The van der Waals surface area contributed by atoms with Crippen LogP contribution in [-0.2, 0) is 61.8 Å². The molecule has 0 bridgehead atoms. The predicted octanol–water partition coefficient (Wildman–Crippen LogP) is -2.81. The quantitative estimate of drug-likeness (QED) is 0.0117. The Morgan fingerprint density at radius 3 is 1.81 bits per heavy atom. The molecule has 0 aromatic heterocycles. The van der Waals surface area contributed by atoms with Crippen molar-refractivity contribution < 1.29 is 167 Å². The van der Waals surface area contributed by atoms with Crippen LogP contribution in [0.15, 0.2) is 84.6 Å². The minimum Gasteiger partial charge on any atom is -0.508 e. The molecule has 0 radical (unpaired) electrons. The van der Waals surface area contributed by atoms with Crippen LogP contribution in [0.2, 0.25) is 0 Å². The number of carbonyl (C=O) groups is 4. The number of phenols is 4. The third-order valence-electron chi connectivity index (χ3n) is 15.4. The standard InChI is InChI=1S/C61H68O34/c1-82-35-13-25(14-36(83-2)46(35)73)6-12-43(70)94-56-45(72)32(66)21-86-60(56)95-57-52(79)49(76)40(22-84-42(69)11-5-24-3-8-28(9-4-24)87-58-53(80)50(77)47(74)38(20-62)91-58)93-61(57)90-37-18-29-33(88-55(37)26-7-10-30(64)31(65)15-26)16-27(63)17-34(29)89-59-54(81)51(78)48(75)39(92-59)23-85-44(71)19-41(67)68/h3-18,32,38-40,45,47-66,72-81H,19-23H2,1-2H3,(H,67,68)/b11-5+,12-6+/t32-,38+,39+,40+,45-,47-,48-,49+,50+,51+,52+,53+,54-,55?,56+,57+,58-,59+,60-,61+/m1/s1. The average Bonchev–Trinajstić information content (AvgIpc) is 0.766. The van der Waals surface area contributed by atoms with Crippen LogP contribution >= 0.6 is 0 Å². The van der Waals surface area contributed by atoms with Crippen LogP contribution in [0.4, 0.5) is 0 Å². The highest BCUT2D eigenvalue weighted by Gasteiger charge is 2.53. The topological polar surface area (TPSA) is 521 Å². The molecule has 0 amide bonds. The van der Waals surface area contributed by atoms with E-state index in [4.69, 9.17) is 71.4 Å². The molecule has 34 nitrogen and oxygen atoms in total. The van der Waals surface area contributed by atoms with E-state index in [1.54, 1.807) is 0 Å². The summed E-state index contributed by atoms with van der Waals surface area (Å²) in [6.07, 6.45) is -32.7. The largest absolute Gasteiger partial charge is 0.508 e. The van der Waals surface area contributed by atoms with Crippen molar-refractivity contribution in [2.45, 2.75) is 129 Å². The highest BCUT2D eigenvalue weighted by molar-refractivity contribution is 5.90. The number of aliphatic hydroxyl groups is 11. The van der Waals surface area contributed by atoms with Gasteiger partial charge in [0.25, 0.3) is 0 Å². The Morgan fingerprint density at radius 1 is 0.568 bits per heavy atom. The number of hydrogen-bond acceptors (Lipinski definition) is 33. The fraction of sp³-hybridized carbons (Fsp3) is 0.443. The first kappa shape index (κ1) is 70.7. The number of benzene rings is 4. The number of aliphatic carboxylic acids is 1. The van der Waals surface area contributed by atoms with E-state index in [9.17, 15) is 95.8 Å². The summed E-state index contributed by atoms with van der Waals surface area (Å²) in [6, 6.07) is 13.8. The van der Waals surface area contributed by atoms with Gasteiger partial charge in [-0.3, -0.25) is 9.59 Å². The summed E-state index contributed by atoms with van der Waals surface area (Å²) >= 11 is 0. The predicted molar refractivity (Wildman–Crippen MR) is 309 cm³/mol. The third-order valence-corrected chi connectivity index (χ3v) is 15.4. The van der Waals surface area contributed by atoms with E-state index in [2.05, 4.69) is 0 Å². The average molecular weight is 1350 g/mol. The van der Waals surface area contributed by atoms with Crippen LogP contribution in [0.3, 0.4) is 0 Å². The van der Waals surface area contributed by atoms with Gasteiger partial charge in [-0.15, -0.1) is 0 Å². The van der Waals surface area contributed by atoms with Crippen LogP contribution in [-0.4, -0.2) is 263 Å². The number of carbonyl (C=O) groups excluding carboxylic acids is 3. The Hall–Kier alpha value is -8.66. The Kier molecular flexibility index (Phi) is 22.9. The summed E-state index contributed by atoms with van der Waals surface area (Å²) in [5.74, 6) is -8.37. The van der Waals surface area contributed by atoms with Gasteiger partial charge in [0, 0.05) is 29.8 Å². The molecular formula is C61H68O34. The lowest BCUT2D eigenvalue weighted by Gasteiger charge is -2.45. The molecule has 5 heterocycles. The first-order valence-corrected chi connectivity index (χ1v) is 28.8. The summed E-state index contributed by atoms with van der Waals surface area (Å²) in [5, 5.41) is 171. The maximum atomic E-state index is 13.5. The van der Waals surface area contributed by atoms with Crippen molar-refractivity contribution in [2.75, 3.05) is 40.6 Å². The van der Waals surface area contributed by atoms with E-state index < -0.39 is 208 Å². The van der Waals surface area contributed by atoms with E-state index in [1.165, 1.54) is 68.8 Å². The van der Waals surface area contributed by atoms with Crippen LogP contribution in [0.25, 0.3) is 18.2 Å². The summed E-state index contributed by atoms with van der Waals surface area (Å²) in [5.41, 5.74) is 0.391. The molecule has 5 aliphatic rings. The first-order valence-electron chi connectivity index (χ1n) is 28.8. The van der Waals surface area contributed by atoms with Crippen molar-refractivity contribution in [3.8, 4) is 51.7 Å². The van der Waals surface area contributed by atoms with E-state index >= 15 is 0 Å². The second-order valence-corrected chi connectivity index (χ2v) is 21.9. The van der Waals surface area contributed by atoms with Crippen molar-refractivity contribution in [1.82, 2.24) is 0 Å². The number of hydrogen-bond donors (Lipinski definition) is 16. The van der Waals surface area contributed by atoms with Gasteiger partial charge in [0.1, 0.15) is 128 Å². The van der Waals surface area contributed by atoms with Crippen molar-refractivity contribution in [2.24, 2.45) is 0 Å². The smallest absolute Gasteiger partial charge is 0.331 e. The summed E-state index contributed by atoms with van der Waals surface area (Å²) in [4.78, 5) is 50.1. The van der Waals surface area contributed by atoms with Crippen LogP contribution in [0, 0.1) is 0 Å². The first-order chi connectivity index (χ1) is 45.2. The zero-order chi connectivity index (χ0) is 68.7. The van der Waals surface area contributed by atoms with Crippen molar-refractivity contribution in [1.29, 1.82) is 0 Å². The Bertz CT molecular complexity index is 3420. The molecule has 9 rings (SSSR count). The minimum absolute atomic E-state index is 0.0227. The Labute approximate surface area is 536 Å². The maximum Gasteiger partial charge on any atom is 0.331 e. The van der Waals surface area contributed by atoms with Gasteiger partial charge < -0.3 is 148 Å². The Balaban J connectivity index is 1.02. The highest BCUT2D eigenvalue weighted by atomic mass is 16.8. The maximum absolute atomic E-state index is 13.5. The lowest BCUT2D eigenvalue weighted by atomic mass is 9.97. The van der Waals surface area contributed by atoms with Gasteiger partial charge in [-0.1, -0.05) is 18.2 Å². The molecule has 516 valence electrons. The zero-order valence-electron chi connectivity index (χ0n) is 49.8. The number of phenolic OH excluding ortho intramolecular Hbond substituents is 4. The van der Waals surface area contributed by atoms with Crippen molar-refractivity contribution in [3.63, 3.8) is 0 Å². The molecular weight excluding hydrogens is 1280 g/mol. The van der Waals surface area contributed by atoms with Gasteiger partial charge in [0.05, 0.1) is 33.0 Å². The molecule has 0 spiro atoms. The molecule has 0 saturated carbocycles. The second-order valence-electron chi connectivity index (χ2n) is 21.9. The lowest BCUT2D eigenvalue weighted by molar-refractivity contribution is -0.353. The second kappa shape index (κ2) is 30.8. The molecule has 16 N–H and O–H groups in total. The van der Waals surface area contributed by atoms with Crippen LogP contribution in [0.1, 0.15) is 34.8 Å². The number of carboxylic acid groups (broad SMARTS) is 1. The van der Waals surface area contributed by atoms with Gasteiger partial charge >= 0.3 is 23.9 Å². The molecule has 20 atom stereocenters. The molecule has 0 aliphatic carbocycles. The third kappa shape index (κ3) is 16.5. The summed E-state index contributed by atoms with van der Waals surface area (Å²) in [6.45, 7) is -3.12. The van der Waals surface area contributed by atoms with E-state index in [0.29, 0.717) is 5.56 Å². The normalized spacial score (nSPS) is 31.4. The Morgan fingerprint density at radius 2 is 1.17 bits per heavy atom. The van der Waals surface area contributed by atoms with Gasteiger partial charge in [-0.2, -0.15) is 0 Å². The number of methoxy groups -OCH3 is 2. The van der Waals surface area contributed by atoms with E-state index in [1.807, 2.05) is 0 Å². The number of fused-ring (bicyclic) bond motifs is 1. The fourth-order valence-corrected chi connectivity index (χ4v) is 10.2. The molecule has 1 unspecified atom stereocenters. The fourth-order valence-electron chi connectivity index (χ4n) is 10.2. The molecule has 4 aromatic carbocycles. The summed E-state index contributed by atoms with van der Waals surface area (Å²) in [7, 11) is 2.53. The molecule has 34 heteroatoms. The summed E-state index contributed by atoms with van der Waals surface area (Å²) < 4.78 is 80.0. The highest BCUT2D eigenvalue weighted by Crippen LogP contribution is 2.47. The monoisotopic (exact) mass is 1340 g/mol. The van der Waals surface area contributed by atoms with E-state index in [0.717, 1.165) is 42.5 Å². The number of ether oxygens (including phenoxy) is 14. The molecule has 5 aliphatic heterocycles. The SMILES string of the molecule is COc1cc(/C=C/C(=O)O[C@@H]2[C@@H](O[C@@H]3[C@@H](OC4=Cc5c(cc(O)cc5O[C@H]5O[C@@H](COC(=O)CC(=O)O)[C@@H](O)[C@H](O)[C@H]5O)OC4c4ccc(O)c(O)c4)O[C@@H](COC(=O)/C=C/c4ccc(O[C@@H]5O[C@@H](CO)[C@@H](O)[C@H](O)[C@@H]5O)cc4)[C@H](O)[C@@H]3O)OC[C@@H](O)[C@H]2O)cc(OC)c1O. The minimum atomic E-state index is -2.22. The van der Waals surface area contributed by atoms with Gasteiger partial charge in [-0.05, 0) is 65.8 Å². The number of esters is 3. The van der Waals surface area contributed by atoms with Crippen LogP contribution in [0.5, 0.6) is 51.7 Å². The number of rotatable bonds is 23. The van der Waals surface area contributed by atoms with Crippen molar-refractivity contribution >= 4 is 42.1 Å². The zero-order valence-corrected chi connectivity index (χ0v) is 49.8. The number of carboxylic acids is 1. The van der Waals surface area contributed by atoms with Crippen molar-refractivity contribution in [3.05, 3.63) is 107 Å². The molecule has 4 fully saturated rings. The number of aliphatic hydroxyl groups excluding tert-OH is 11. The lowest BCUT2D eigenvalue weighted by Crippen LogP contribution is -2.63. The van der Waals surface area contributed by atoms with Crippen LogP contribution < -0.4 is 23.7 Å². The van der Waals surface area contributed by atoms with Gasteiger partial charge in [-0.25, -0.2) is 9.59 Å². The number of aromatic hydroxyl groups is 4.